The SMILES string of the molecule is CCCCCc1ccc(C#Cc2ccc(C#Cc3ccc4cc(C)ccc4c3F)cc2)cc1. The Labute approximate surface area is 196 Å². The minimum atomic E-state index is -0.265. The highest BCUT2D eigenvalue weighted by Gasteiger charge is 2.05. The lowest BCUT2D eigenvalue weighted by molar-refractivity contribution is 0.636. The third-order valence-electron chi connectivity index (χ3n) is 5.71. The Morgan fingerprint density at radius 3 is 1.91 bits per heavy atom. The fourth-order valence-electron chi connectivity index (χ4n) is 3.76. The number of benzene rings is 4. The molecule has 0 aliphatic carbocycles. The van der Waals surface area contributed by atoms with Crippen LogP contribution in [0.25, 0.3) is 10.8 Å². The van der Waals surface area contributed by atoms with Crippen LogP contribution in [0.4, 0.5) is 4.39 Å². The first-order valence-corrected chi connectivity index (χ1v) is 11.5. The van der Waals surface area contributed by atoms with Crippen molar-refractivity contribution in [3.8, 4) is 23.7 Å². The number of hydrogen-bond donors (Lipinski definition) is 0. The second-order valence-corrected chi connectivity index (χ2v) is 8.38. The molecule has 0 fully saturated rings. The molecule has 4 rings (SSSR count). The third-order valence-corrected chi connectivity index (χ3v) is 5.71. The number of hydrogen-bond acceptors (Lipinski definition) is 0. The van der Waals surface area contributed by atoms with Gasteiger partial charge in [-0.05, 0) is 73.2 Å². The van der Waals surface area contributed by atoms with Crippen molar-refractivity contribution in [1.82, 2.24) is 0 Å². The first kappa shape index (κ1) is 22.4. The normalized spacial score (nSPS) is 10.3. The van der Waals surface area contributed by atoms with Gasteiger partial charge in [-0.2, -0.15) is 0 Å². The van der Waals surface area contributed by atoms with Crippen LogP contribution in [0.3, 0.4) is 0 Å². The standard InChI is InChI=1S/C32H27F/c1-3-4-5-6-25-8-10-26(11-9-25)12-13-27-14-16-28(17-15-27)18-19-29-20-21-30-23-24(2)7-22-31(30)32(29)33/h7-11,14-17,20-23H,3-6H2,1-2H3. The van der Waals surface area contributed by atoms with E-state index in [0.29, 0.717) is 10.9 Å². The van der Waals surface area contributed by atoms with E-state index in [1.165, 1.54) is 24.8 Å². The lowest BCUT2D eigenvalue weighted by Gasteiger charge is -2.03. The second-order valence-electron chi connectivity index (χ2n) is 8.38. The third kappa shape index (κ3) is 5.91. The van der Waals surface area contributed by atoms with E-state index >= 15 is 0 Å². The van der Waals surface area contributed by atoms with Crippen LogP contribution in [-0.2, 0) is 6.42 Å². The molecule has 0 radical (unpaired) electrons. The zero-order valence-corrected chi connectivity index (χ0v) is 19.2. The van der Waals surface area contributed by atoms with Crippen LogP contribution >= 0.6 is 0 Å². The minimum absolute atomic E-state index is 0.265. The molecule has 1 heteroatoms. The van der Waals surface area contributed by atoms with Crippen LogP contribution in [-0.4, -0.2) is 0 Å². The molecule has 0 bridgehead atoms. The number of unbranched alkanes of at least 4 members (excludes halogenated alkanes) is 2. The number of fused-ring (bicyclic) bond motifs is 1. The topological polar surface area (TPSA) is 0 Å². The number of rotatable bonds is 4. The summed E-state index contributed by atoms with van der Waals surface area (Å²) < 4.78 is 14.8. The molecule has 162 valence electrons. The molecule has 0 atom stereocenters. The van der Waals surface area contributed by atoms with Crippen LogP contribution < -0.4 is 0 Å². The molecule has 0 saturated carbocycles. The highest BCUT2D eigenvalue weighted by Crippen LogP contribution is 2.22. The molecule has 0 heterocycles. The van der Waals surface area contributed by atoms with E-state index in [9.17, 15) is 4.39 Å². The summed E-state index contributed by atoms with van der Waals surface area (Å²) in [5, 5.41) is 1.50. The molecule has 0 unspecified atom stereocenters. The summed E-state index contributed by atoms with van der Waals surface area (Å²) in [6, 6.07) is 25.7. The largest absolute Gasteiger partial charge is 0.205 e. The minimum Gasteiger partial charge on any atom is -0.205 e. The van der Waals surface area contributed by atoms with Crippen LogP contribution in [0.2, 0.25) is 0 Å². The summed E-state index contributed by atoms with van der Waals surface area (Å²) >= 11 is 0. The Bertz CT molecular complexity index is 1370. The van der Waals surface area contributed by atoms with Crippen LogP contribution in [0.5, 0.6) is 0 Å². The van der Waals surface area contributed by atoms with Crippen molar-refractivity contribution in [2.24, 2.45) is 0 Å². The maximum Gasteiger partial charge on any atom is 0.146 e. The monoisotopic (exact) mass is 430 g/mol. The van der Waals surface area contributed by atoms with Crippen LogP contribution in [0.1, 0.15) is 59.6 Å². The van der Waals surface area contributed by atoms with E-state index in [1.54, 1.807) is 6.07 Å². The lowest BCUT2D eigenvalue weighted by Crippen LogP contribution is -1.87. The Balaban J connectivity index is 1.44. The summed E-state index contributed by atoms with van der Waals surface area (Å²) in [5.41, 5.74) is 5.67. The van der Waals surface area contributed by atoms with Gasteiger partial charge in [-0.1, -0.05) is 85.4 Å². The molecule has 0 aliphatic rings. The quantitative estimate of drug-likeness (QED) is 0.229. The maximum absolute atomic E-state index is 14.8. The zero-order valence-electron chi connectivity index (χ0n) is 19.2. The van der Waals surface area contributed by atoms with Crippen molar-refractivity contribution in [3.63, 3.8) is 0 Å². The Morgan fingerprint density at radius 2 is 1.27 bits per heavy atom. The molecular weight excluding hydrogens is 403 g/mol. The zero-order chi connectivity index (χ0) is 23.0. The Morgan fingerprint density at radius 1 is 0.667 bits per heavy atom. The van der Waals surface area contributed by atoms with Gasteiger partial charge in [0.2, 0.25) is 0 Å². The molecule has 0 N–H and O–H groups in total. The first-order valence-electron chi connectivity index (χ1n) is 11.5. The predicted molar refractivity (Wildman–Crippen MR) is 137 cm³/mol. The van der Waals surface area contributed by atoms with Crippen molar-refractivity contribution in [1.29, 1.82) is 0 Å². The summed E-state index contributed by atoms with van der Waals surface area (Å²) in [4.78, 5) is 0. The van der Waals surface area contributed by atoms with Gasteiger partial charge in [0.15, 0.2) is 0 Å². The Hall–Kier alpha value is -3.81. The molecule has 0 saturated heterocycles. The van der Waals surface area contributed by atoms with Gasteiger partial charge in [-0.15, -0.1) is 0 Å². The van der Waals surface area contributed by atoms with Gasteiger partial charge in [-0.3, -0.25) is 0 Å². The van der Waals surface area contributed by atoms with Crippen molar-refractivity contribution in [3.05, 3.63) is 118 Å². The van der Waals surface area contributed by atoms with Gasteiger partial charge in [0.1, 0.15) is 5.82 Å². The van der Waals surface area contributed by atoms with Gasteiger partial charge in [0.05, 0.1) is 5.56 Å². The van der Waals surface area contributed by atoms with E-state index in [4.69, 9.17) is 0 Å². The van der Waals surface area contributed by atoms with Gasteiger partial charge >= 0.3 is 0 Å². The molecule has 0 aliphatic heterocycles. The van der Waals surface area contributed by atoms with E-state index < -0.39 is 0 Å². The highest BCUT2D eigenvalue weighted by molar-refractivity contribution is 5.85. The summed E-state index contributed by atoms with van der Waals surface area (Å²) in [5.74, 6) is 12.2. The smallest absolute Gasteiger partial charge is 0.146 e. The molecule has 0 spiro atoms. The van der Waals surface area contributed by atoms with Crippen molar-refractivity contribution < 1.29 is 4.39 Å². The van der Waals surface area contributed by atoms with Crippen molar-refractivity contribution in [2.75, 3.05) is 0 Å². The maximum atomic E-state index is 14.8. The van der Waals surface area contributed by atoms with Crippen LogP contribution in [0, 0.1) is 36.4 Å². The first-order chi connectivity index (χ1) is 16.1. The fourth-order valence-corrected chi connectivity index (χ4v) is 3.76. The van der Waals surface area contributed by atoms with Crippen molar-refractivity contribution in [2.45, 2.75) is 39.5 Å². The van der Waals surface area contributed by atoms with Gasteiger partial charge in [0.25, 0.3) is 0 Å². The molecular formula is C32H27F. The van der Waals surface area contributed by atoms with Crippen molar-refractivity contribution >= 4 is 10.8 Å². The molecule has 0 aromatic heterocycles. The highest BCUT2D eigenvalue weighted by atomic mass is 19.1. The van der Waals surface area contributed by atoms with Gasteiger partial charge in [-0.25, -0.2) is 4.39 Å². The summed E-state index contributed by atoms with van der Waals surface area (Å²) in [6.45, 7) is 4.23. The molecule has 4 aromatic rings. The second kappa shape index (κ2) is 10.7. The molecule has 33 heavy (non-hydrogen) atoms. The predicted octanol–water partition coefficient (Wildman–Crippen LogP) is 7.82. The van der Waals surface area contributed by atoms with Crippen LogP contribution in [0.15, 0.2) is 78.9 Å². The Kier molecular flexibility index (Phi) is 7.24. The number of aryl methyl sites for hydroxylation is 2. The summed E-state index contributed by atoms with van der Waals surface area (Å²) in [6.07, 6.45) is 4.89. The fraction of sp³-hybridized carbons (Fsp3) is 0.188. The van der Waals surface area contributed by atoms with E-state index in [2.05, 4.69) is 54.9 Å². The average molecular weight is 431 g/mol. The molecule has 0 amide bonds. The lowest BCUT2D eigenvalue weighted by atomic mass is 10.0. The molecule has 4 aromatic carbocycles. The summed E-state index contributed by atoms with van der Waals surface area (Å²) in [7, 11) is 0. The number of halogens is 1. The average Bonchev–Trinajstić information content (AvgIpc) is 2.84. The van der Waals surface area contributed by atoms with Gasteiger partial charge in [0, 0.05) is 22.1 Å². The van der Waals surface area contributed by atoms with E-state index in [1.807, 2.05) is 55.5 Å². The van der Waals surface area contributed by atoms with Gasteiger partial charge < -0.3 is 0 Å². The van der Waals surface area contributed by atoms with E-state index in [-0.39, 0.29) is 5.82 Å². The molecule has 0 nitrogen and oxygen atoms in total. The van der Waals surface area contributed by atoms with E-state index in [0.717, 1.165) is 34.1 Å².